The number of nitrogens with zero attached hydrogens (tertiary/aromatic N) is 1. The van der Waals surface area contributed by atoms with E-state index in [4.69, 9.17) is 0 Å². The molecule has 0 bridgehead atoms. The molecule has 9 heavy (non-hydrogen) atoms. The van der Waals surface area contributed by atoms with E-state index >= 15 is 0 Å². The maximum atomic E-state index is 3.22. The monoisotopic (exact) mass is 165 g/mol. The molecular weight excluding hydrogens is 150 g/mol. The first kappa shape index (κ1) is 9.66. The van der Waals surface area contributed by atoms with Gasteiger partial charge in [0, 0.05) is 0 Å². The summed E-state index contributed by atoms with van der Waals surface area (Å²) in [5, 5.41) is 0. The molecule has 0 saturated carbocycles. The van der Waals surface area contributed by atoms with Crippen molar-refractivity contribution in [1.29, 1.82) is 0 Å². The average Bonchev–Trinajstić information content (AvgIpc) is 1.94. The Balaban J connectivity index is 0.000000291. The van der Waals surface area contributed by atoms with Crippen LogP contribution in [0.1, 0.15) is 19.3 Å². The highest BCUT2D eigenvalue weighted by Gasteiger charge is 2.02. The molecule has 0 radical (unpaired) electrons. The SMILES string of the molecule is CN1CCCCC1.SS. The average molecular weight is 165 g/mol. The highest BCUT2D eigenvalue weighted by Crippen LogP contribution is 2.04. The Morgan fingerprint density at radius 3 is 1.67 bits per heavy atom. The van der Waals surface area contributed by atoms with Crippen molar-refractivity contribution in [2.75, 3.05) is 20.1 Å². The first-order chi connectivity index (χ1) is 4.39. The molecule has 0 aromatic carbocycles. The minimum Gasteiger partial charge on any atom is -0.306 e. The quantitative estimate of drug-likeness (QED) is 0.409. The van der Waals surface area contributed by atoms with Crippen LogP contribution in [-0.4, -0.2) is 25.0 Å². The van der Waals surface area contributed by atoms with Gasteiger partial charge in [-0.05, 0) is 33.0 Å². The molecule has 56 valence electrons. The molecule has 1 rings (SSSR count). The van der Waals surface area contributed by atoms with Gasteiger partial charge in [0.15, 0.2) is 0 Å². The Hall–Kier alpha value is 0.660. The molecular formula is C6H15NS2. The lowest BCUT2D eigenvalue weighted by Gasteiger charge is -2.20. The molecule has 1 aliphatic rings. The number of thiol groups is 2. The molecule has 0 aliphatic carbocycles. The molecule has 0 aromatic rings. The first-order valence-electron chi connectivity index (χ1n) is 3.28. The molecule has 1 fully saturated rings. The van der Waals surface area contributed by atoms with Gasteiger partial charge >= 0.3 is 0 Å². The van der Waals surface area contributed by atoms with E-state index in [0.29, 0.717) is 0 Å². The van der Waals surface area contributed by atoms with Crippen LogP contribution in [-0.2, 0) is 0 Å². The largest absolute Gasteiger partial charge is 0.306 e. The zero-order valence-electron chi connectivity index (χ0n) is 5.88. The van der Waals surface area contributed by atoms with E-state index in [-0.39, 0.29) is 0 Å². The topological polar surface area (TPSA) is 3.24 Å². The number of hydrogen-bond donors (Lipinski definition) is 2. The van der Waals surface area contributed by atoms with Gasteiger partial charge in [0.2, 0.25) is 0 Å². The van der Waals surface area contributed by atoms with Crippen LogP contribution in [0, 0.1) is 0 Å². The Morgan fingerprint density at radius 1 is 1.00 bits per heavy atom. The van der Waals surface area contributed by atoms with Gasteiger partial charge in [-0.3, -0.25) is 0 Å². The fraction of sp³-hybridized carbons (Fsp3) is 1.00. The Kier molecular flexibility index (Phi) is 7.27. The summed E-state index contributed by atoms with van der Waals surface area (Å²) in [6.07, 6.45) is 4.28. The van der Waals surface area contributed by atoms with E-state index in [0.717, 1.165) is 0 Å². The van der Waals surface area contributed by atoms with Crippen LogP contribution in [0.15, 0.2) is 0 Å². The van der Waals surface area contributed by atoms with E-state index in [2.05, 4.69) is 35.3 Å². The van der Waals surface area contributed by atoms with Crippen molar-refractivity contribution in [3.8, 4) is 0 Å². The van der Waals surface area contributed by atoms with Crippen molar-refractivity contribution in [2.24, 2.45) is 0 Å². The van der Waals surface area contributed by atoms with E-state index < -0.39 is 0 Å². The van der Waals surface area contributed by atoms with E-state index in [1.807, 2.05) is 0 Å². The highest BCUT2D eigenvalue weighted by molar-refractivity contribution is 8.59. The predicted molar refractivity (Wildman–Crippen MR) is 49.3 cm³/mol. The molecule has 0 spiro atoms. The smallest absolute Gasteiger partial charge is 0.00218 e. The summed E-state index contributed by atoms with van der Waals surface area (Å²) in [4.78, 5) is 2.39. The molecule has 1 heterocycles. The summed E-state index contributed by atoms with van der Waals surface area (Å²) in [5.74, 6) is 0. The summed E-state index contributed by atoms with van der Waals surface area (Å²) >= 11 is 6.44. The van der Waals surface area contributed by atoms with E-state index in [9.17, 15) is 0 Å². The third-order valence-corrected chi connectivity index (χ3v) is 1.58. The molecule has 0 amide bonds. The lowest BCUT2D eigenvalue weighted by Crippen LogP contribution is -2.24. The fourth-order valence-corrected chi connectivity index (χ4v) is 1.05. The van der Waals surface area contributed by atoms with Gasteiger partial charge in [-0.2, -0.15) is 0 Å². The van der Waals surface area contributed by atoms with Crippen LogP contribution >= 0.6 is 23.3 Å². The van der Waals surface area contributed by atoms with Crippen molar-refractivity contribution in [2.45, 2.75) is 19.3 Å². The lowest BCUT2D eigenvalue weighted by atomic mass is 10.1. The second-order valence-electron chi connectivity index (χ2n) is 2.36. The third kappa shape index (κ3) is 5.12. The standard InChI is InChI=1S/C6H13N.H2S2/c1-7-5-3-2-4-6-7;1-2/h2-6H2,1H3;1-2H. The maximum absolute atomic E-state index is 3.22. The molecule has 1 nitrogen and oxygen atoms in total. The number of hydrogen-bond acceptors (Lipinski definition) is 3. The fourth-order valence-electron chi connectivity index (χ4n) is 1.05. The van der Waals surface area contributed by atoms with Gasteiger partial charge in [-0.1, -0.05) is 6.42 Å². The lowest BCUT2D eigenvalue weighted by molar-refractivity contribution is 0.277. The van der Waals surface area contributed by atoms with Crippen molar-refractivity contribution in [1.82, 2.24) is 4.90 Å². The van der Waals surface area contributed by atoms with Crippen LogP contribution < -0.4 is 0 Å². The number of likely N-dealkylation sites (tertiary alicyclic amines) is 1. The van der Waals surface area contributed by atoms with Crippen LogP contribution in [0.4, 0.5) is 0 Å². The zero-order chi connectivity index (χ0) is 7.11. The third-order valence-electron chi connectivity index (χ3n) is 1.58. The molecule has 0 atom stereocenters. The van der Waals surface area contributed by atoms with Gasteiger partial charge < -0.3 is 4.90 Å². The second-order valence-corrected chi connectivity index (χ2v) is 2.36. The second kappa shape index (κ2) is 6.78. The van der Waals surface area contributed by atoms with Gasteiger partial charge in [0.25, 0.3) is 0 Å². The van der Waals surface area contributed by atoms with Gasteiger partial charge in [0.05, 0.1) is 0 Å². The summed E-state index contributed by atoms with van der Waals surface area (Å²) in [5.41, 5.74) is 0. The Bertz CT molecular complexity index is 53.0. The highest BCUT2D eigenvalue weighted by atomic mass is 33.1. The molecule has 0 N–H and O–H groups in total. The zero-order valence-corrected chi connectivity index (χ0v) is 7.67. The molecule has 3 heteroatoms. The molecule has 1 saturated heterocycles. The maximum Gasteiger partial charge on any atom is -0.00218 e. The van der Waals surface area contributed by atoms with Gasteiger partial charge in [-0.25, -0.2) is 0 Å². The van der Waals surface area contributed by atoms with E-state index in [1.165, 1.54) is 32.4 Å². The number of rotatable bonds is 0. The van der Waals surface area contributed by atoms with Crippen LogP contribution in [0.2, 0.25) is 0 Å². The van der Waals surface area contributed by atoms with Gasteiger partial charge in [0.1, 0.15) is 0 Å². The summed E-state index contributed by atoms with van der Waals surface area (Å²) in [7, 11) is 2.19. The number of piperidine rings is 1. The Morgan fingerprint density at radius 2 is 1.44 bits per heavy atom. The van der Waals surface area contributed by atoms with Crippen molar-refractivity contribution >= 4 is 23.3 Å². The van der Waals surface area contributed by atoms with Crippen LogP contribution in [0.3, 0.4) is 0 Å². The van der Waals surface area contributed by atoms with Crippen LogP contribution in [0.5, 0.6) is 0 Å². The minimum absolute atomic E-state index is 1.32. The van der Waals surface area contributed by atoms with Crippen molar-refractivity contribution < 1.29 is 0 Å². The van der Waals surface area contributed by atoms with E-state index in [1.54, 1.807) is 0 Å². The summed E-state index contributed by atoms with van der Waals surface area (Å²) < 4.78 is 0. The Labute approximate surface area is 68.0 Å². The minimum atomic E-state index is 1.32. The summed E-state index contributed by atoms with van der Waals surface area (Å²) in [6.45, 7) is 2.64. The summed E-state index contributed by atoms with van der Waals surface area (Å²) in [6, 6.07) is 0. The molecule has 0 unspecified atom stereocenters. The first-order valence-corrected chi connectivity index (χ1v) is 4.88. The van der Waals surface area contributed by atoms with Crippen molar-refractivity contribution in [3.63, 3.8) is 0 Å². The molecule has 1 aliphatic heterocycles. The van der Waals surface area contributed by atoms with Crippen molar-refractivity contribution in [3.05, 3.63) is 0 Å². The molecule has 0 aromatic heterocycles. The predicted octanol–water partition coefficient (Wildman–Crippen LogP) is 1.86. The van der Waals surface area contributed by atoms with Crippen LogP contribution in [0.25, 0.3) is 0 Å². The normalized spacial score (nSPS) is 20.3. The van der Waals surface area contributed by atoms with Gasteiger partial charge in [-0.15, -0.1) is 23.3 Å².